The van der Waals surface area contributed by atoms with Crippen LogP contribution in [0.25, 0.3) is 11.8 Å². The topological polar surface area (TPSA) is 38.1 Å². The molecule has 0 radical (unpaired) electrons. The number of thioether (sulfide) groups is 1. The van der Waals surface area contributed by atoms with Crippen LogP contribution in [0.3, 0.4) is 0 Å². The van der Waals surface area contributed by atoms with Gasteiger partial charge in [0, 0.05) is 33.9 Å². The zero-order valence-electron chi connectivity index (χ0n) is 17.8. The fraction of sp³-hybridized carbons (Fsp3) is 0.208. The van der Waals surface area contributed by atoms with Gasteiger partial charge in [0.2, 0.25) is 0 Å². The quantitative estimate of drug-likeness (QED) is 0.305. The number of amides is 1. The van der Waals surface area contributed by atoms with Crippen LogP contribution in [0.1, 0.15) is 33.6 Å². The van der Waals surface area contributed by atoms with E-state index < -0.39 is 0 Å². The maximum absolute atomic E-state index is 13.0. The number of hydrogen-bond acceptors (Lipinski definition) is 4. The van der Waals surface area contributed by atoms with Gasteiger partial charge in [0.25, 0.3) is 5.91 Å². The maximum Gasteiger partial charge on any atom is 0.266 e. The fourth-order valence-corrected chi connectivity index (χ4v) is 5.31. The van der Waals surface area contributed by atoms with Gasteiger partial charge in [0.1, 0.15) is 4.32 Å². The Kier molecular flexibility index (Phi) is 6.19. The van der Waals surface area contributed by atoms with Gasteiger partial charge in [-0.2, -0.15) is 0 Å². The molecule has 0 aliphatic carbocycles. The molecule has 4 nitrogen and oxygen atoms in total. The Morgan fingerprint density at radius 1 is 1.16 bits per heavy atom. The first-order chi connectivity index (χ1) is 14.8. The number of carbonyl (C=O) groups is 1. The highest BCUT2D eigenvalue weighted by atomic mass is 79.9. The van der Waals surface area contributed by atoms with Gasteiger partial charge in [0.15, 0.2) is 0 Å². The zero-order valence-corrected chi connectivity index (χ0v) is 21.0. The van der Waals surface area contributed by atoms with Gasteiger partial charge in [-0.3, -0.25) is 14.7 Å². The number of nitrogens with zero attached hydrogens (tertiary/aromatic N) is 3. The molecule has 4 rings (SSSR count). The molecule has 2 aromatic heterocycles. The van der Waals surface area contributed by atoms with Crippen LogP contribution in [0.15, 0.2) is 52.1 Å². The van der Waals surface area contributed by atoms with Gasteiger partial charge in [-0.15, -0.1) is 0 Å². The predicted molar refractivity (Wildman–Crippen MR) is 135 cm³/mol. The lowest BCUT2D eigenvalue weighted by Gasteiger charge is -2.14. The Balaban J connectivity index is 1.66. The standard InChI is InChI=1S/C24H22BrN3OS2/c1-14-8-20(9-15(2)22(14)25)28-16(3)10-19(17(28)4)11-21-23(29)27(24(30)31-21)13-18-6-5-7-26-12-18/h5-12H,13H2,1-4H3/b21-11-. The van der Waals surface area contributed by atoms with Crippen molar-refractivity contribution in [3.05, 3.63) is 85.7 Å². The molecule has 0 N–H and O–H groups in total. The van der Waals surface area contributed by atoms with Crippen molar-refractivity contribution >= 4 is 56.2 Å². The minimum Gasteiger partial charge on any atom is -0.318 e. The summed E-state index contributed by atoms with van der Waals surface area (Å²) in [6.45, 7) is 8.81. The van der Waals surface area contributed by atoms with Crippen LogP contribution in [0.2, 0.25) is 0 Å². The van der Waals surface area contributed by atoms with E-state index in [2.05, 4.69) is 71.4 Å². The van der Waals surface area contributed by atoms with Crippen LogP contribution in [-0.2, 0) is 11.3 Å². The molecule has 1 fully saturated rings. The fourth-order valence-electron chi connectivity index (χ4n) is 3.83. The molecule has 0 saturated carbocycles. The van der Waals surface area contributed by atoms with Crippen molar-refractivity contribution in [2.45, 2.75) is 34.2 Å². The number of thiocarbonyl (C=S) groups is 1. The van der Waals surface area contributed by atoms with Crippen molar-refractivity contribution in [1.29, 1.82) is 0 Å². The third-order valence-corrected chi connectivity index (χ3v) is 8.00. The van der Waals surface area contributed by atoms with E-state index in [0.717, 1.165) is 32.7 Å². The molecule has 1 amide bonds. The highest BCUT2D eigenvalue weighted by Gasteiger charge is 2.32. The average molecular weight is 512 g/mol. The van der Waals surface area contributed by atoms with E-state index in [1.54, 1.807) is 17.3 Å². The molecule has 1 aliphatic rings. The van der Waals surface area contributed by atoms with Crippen molar-refractivity contribution in [2.75, 3.05) is 0 Å². The van der Waals surface area contributed by atoms with E-state index >= 15 is 0 Å². The highest BCUT2D eigenvalue weighted by molar-refractivity contribution is 9.10. The molecule has 1 aliphatic heterocycles. The Morgan fingerprint density at radius 2 is 1.87 bits per heavy atom. The number of rotatable bonds is 4. The number of aromatic nitrogens is 2. The first-order valence-electron chi connectivity index (χ1n) is 9.86. The van der Waals surface area contributed by atoms with Crippen LogP contribution in [0, 0.1) is 27.7 Å². The molecule has 3 heterocycles. The van der Waals surface area contributed by atoms with E-state index in [1.807, 2.05) is 18.2 Å². The Labute approximate surface area is 200 Å². The minimum atomic E-state index is -0.0565. The molecule has 0 bridgehead atoms. The van der Waals surface area contributed by atoms with Gasteiger partial charge >= 0.3 is 0 Å². The summed E-state index contributed by atoms with van der Waals surface area (Å²) < 4.78 is 3.94. The van der Waals surface area contributed by atoms with Crippen LogP contribution in [-0.4, -0.2) is 24.7 Å². The number of hydrogen-bond donors (Lipinski definition) is 0. The summed E-state index contributed by atoms with van der Waals surface area (Å²) in [6.07, 6.45) is 5.44. The molecule has 3 aromatic rings. The third kappa shape index (κ3) is 4.27. The second-order valence-electron chi connectivity index (χ2n) is 7.68. The molecule has 31 heavy (non-hydrogen) atoms. The number of benzene rings is 1. The first-order valence-corrected chi connectivity index (χ1v) is 11.9. The smallest absolute Gasteiger partial charge is 0.266 e. The highest BCUT2D eigenvalue weighted by Crippen LogP contribution is 2.35. The molecule has 0 atom stereocenters. The van der Waals surface area contributed by atoms with Gasteiger partial charge in [-0.05, 0) is 80.3 Å². The number of carbonyl (C=O) groups excluding carboxylic acids is 1. The minimum absolute atomic E-state index is 0.0565. The number of halogens is 1. The normalized spacial score (nSPS) is 15.4. The van der Waals surface area contributed by atoms with Gasteiger partial charge in [-0.1, -0.05) is 46.0 Å². The SMILES string of the molecule is Cc1cc(-n2c(C)cc(/C=C3\SC(=S)N(Cc4cccnc4)C3=O)c2C)cc(C)c1Br. The van der Waals surface area contributed by atoms with Crippen molar-refractivity contribution in [2.24, 2.45) is 0 Å². The predicted octanol–water partition coefficient (Wildman–Crippen LogP) is 6.27. The van der Waals surface area contributed by atoms with E-state index in [0.29, 0.717) is 15.8 Å². The van der Waals surface area contributed by atoms with E-state index in [9.17, 15) is 4.79 Å². The molecule has 0 spiro atoms. The Hall–Kier alpha value is -2.22. The van der Waals surface area contributed by atoms with Crippen molar-refractivity contribution in [3.63, 3.8) is 0 Å². The summed E-state index contributed by atoms with van der Waals surface area (Å²) in [5.41, 5.74) is 7.71. The van der Waals surface area contributed by atoms with Crippen LogP contribution in [0.5, 0.6) is 0 Å². The zero-order chi connectivity index (χ0) is 22.3. The number of aryl methyl sites for hydroxylation is 3. The summed E-state index contributed by atoms with van der Waals surface area (Å²) in [4.78, 5) is 19.5. The van der Waals surface area contributed by atoms with E-state index in [1.165, 1.54) is 22.9 Å². The summed E-state index contributed by atoms with van der Waals surface area (Å²) in [7, 11) is 0. The molecule has 1 aromatic carbocycles. The molecular formula is C24H22BrN3OS2. The van der Waals surface area contributed by atoms with Gasteiger partial charge in [0.05, 0.1) is 11.4 Å². The second-order valence-corrected chi connectivity index (χ2v) is 10.2. The van der Waals surface area contributed by atoms with Crippen molar-refractivity contribution in [3.8, 4) is 5.69 Å². The Bertz CT molecular complexity index is 1210. The second kappa shape index (κ2) is 8.73. The average Bonchev–Trinajstić information content (AvgIpc) is 3.16. The molecule has 0 unspecified atom stereocenters. The van der Waals surface area contributed by atoms with Crippen LogP contribution in [0.4, 0.5) is 0 Å². The monoisotopic (exact) mass is 511 g/mol. The summed E-state index contributed by atoms with van der Waals surface area (Å²) in [5, 5.41) is 0. The molecule has 7 heteroatoms. The summed E-state index contributed by atoms with van der Waals surface area (Å²) >= 11 is 10.5. The van der Waals surface area contributed by atoms with E-state index in [4.69, 9.17) is 12.2 Å². The molecule has 158 valence electrons. The summed E-state index contributed by atoms with van der Waals surface area (Å²) in [6, 6.07) is 10.3. The van der Waals surface area contributed by atoms with Crippen molar-refractivity contribution in [1.82, 2.24) is 14.5 Å². The molecule has 1 saturated heterocycles. The third-order valence-electron chi connectivity index (χ3n) is 5.37. The lowest BCUT2D eigenvalue weighted by Crippen LogP contribution is -2.27. The van der Waals surface area contributed by atoms with Crippen LogP contribution < -0.4 is 0 Å². The van der Waals surface area contributed by atoms with Gasteiger partial charge < -0.3 is 4.57 Å². The molecular weight excluding hydrogens is 490 g/mol. The maximum atomic E-state index is 13.0. The lowest BCUT2D eigenvalue weighted by atomic mass is 10.1. The van der Waals surface area contributed by atoms with E-state index in [-0.39, 0.29) is 5.91 Å². The summed E-state index contributed by atoms with van der Waals surface area (Å²) in [5.74, 6) is -0.0565. The largest absolute Gasteiger partial charge is 0.318 e. The van der Waals surface area contributed by atoms with Gasteiger partial charge in [-0.25, -0.2) is 0 Å². The first kappa shape index (κ1) is 22.0. The van der Waals surface area contributed by atoms with Crippen LogP contribution >= 0.6 is 39.9 Å². The lowest BCUT2D eigenvalue weighted by molar-refractivity contribution is -0.122. The van der Waals surface area contributed by atoms with Crippen molar-refractivity contribution < 1.29 is 4.79 Å². The number of pyridine rings is 1. The Morgan fingerprint density at radius 3 is 2.52 bits per heavy atom.